The summed E-state index contributed by atoms with van der Waals surface area (Å²) in [7, 11) is 0. The van der Waals surface area contributed by atoms with Gasteiger partial charge in [0.05, 0.1) is 5.69 Å². The summed E-state index contributed by atoms with van der Waals surface area (Å²) in [5, 5.41) is 2.52. The summed E-state index contributed by atoms with van der Waals surface area (Å²) in [6.45, 7) is -3.16. The van der Waals surface area contributed by atoms with Crippen molar-refractivity contribution in [1.82, 2.24) is 0 Å². The molecule has 1 amide bonds. The fourth-order valence-corrected chi connectivity index (χ4v) is 2.74. The number of alkyl halides is 2. The predicted molar refractivity (Wildman–Crippen MR) is 85.7 cm³/mol. The second kappa shape index (κ2) is 7.29. The Morgan fingerprint density at radius 2 is 1.92 bits per heavy atom. The van der Waals surface area contributed by atoms with Crippen molar-refractivity contribution in [3.8, 4) is 11.5 Å². The number of aryl methyl sites for hydroxylation is 2. The minimum Gasteiger partial charge on any atom is -0.484 e. The molecule has 0 radical (unpaired) electrons. The van der Waals surface area contributed by atoms with Gasteiger partial charge in [-0.25, -0.2) is 0 Å². The number of carbonyl (C=O) groups excluding carboxylic acids is 1. The molecule has 0 aliphatic heterocycles. The smallest absolute Gasteiger partial charge is 0.387 e. The topological polar surface area (TPSA) is 47.6 Å². The third kappa shape index (κ3) is 4.01. The summed E-state index contributed by atoms with van der Waals surface area (Å²) in [6, 6.07) is 11.8. The number of ether oxygens (including phenoxy) is 2. The first kappa shape index (κ1) is 16.2. The molecular weight excluding hydrogens is 316 g/mol. The lowest BCUT2D eigenvalue weighted by atomic mass is 10.1. The molecule has 126 valence electrons. The molecule has 24 heavy (non-hydrogen) atoms. The highest BCUT2D eigenvalue weighted by Gasteiger charge is 2.14. The van der Waals surface area contributed by atoms with Gasteiger partial charge in [-0.2, -0.15) is 8.78 Å². The van der Waals surface area contributed by atoms with Gasteiger partial charge in [0.25, 0.3) is 5.91 Å². The fourth-order valence-electron chi connectivity index (χ4n) is 2.74. The standard InChI is InChI=1S/C18H17F2NO3/c19-18(20)24-16-7-2-1-6-15(16)21-17(22)11-23-14-9-8-12-4-3-5-13(12)10-14/h1-2,6-10,18H,3-5,11H2,(H,21,22). The van der Waals surface area contributed by atoms with Crippen molar-refractivity contribution in [2.45, 2.75) is 25.9 Å². The van der Waals surface area contributed by atoms with Crippen LogP contribution in [0.25, 0.3) is 0 Å². The molecule has 0 atom stereocenters. The molecule has 2 aromatic rings. The lowest BCUT2D eigenvalue weighted by molar-refractivity contribution is -0.118. The van der Waals surface area contributed by atoms with E-state index in [1.54, 1.807) is 12.1 Å². The first-order valence-corrected chi connectivity index (χ1v) is 7.70. The molecule has 0 spiro atoms. The number of halogens is 2. The number of anilines is 1. The summed E-state index contributed by atoms with van der Waals surface area (Å²) >= 11 is 0. The summed E-state index contributed by atoms with van der Waals surface area (Å²) < 4.78 is 34.6. The second-order valence-electron chi connectivity index (χ2n) is 5.50. The monoisotopic (exact) mass is 333 g/mol. The van der Waals surface area contributed by atoms with E-state index in [0.717, 1.165) is 19.3 Å². The van der Waals surface area contributed by atoms with Gasteiger partial charge in [0, 0.05) is 0 Å². The summed E-state index contributed by atoms with van der Waals surface area (Å²) in [6.07, 6.45) is 3.24. The molecule has 4 nitrogen and oxygen atoms in total. The van der Waals surface area contributed by atoms with E-state index in [9.17, 15) is 13.6 Å². The highest BCUT2D eigenvalue weighted by molar-refractivity contribution is 5.93. The SMILES string of the molecule is O=C(COc1ccc2c(c1)CCC2)Nc1ccccc1OC(F)F. The van der Waals surface area contributed by atoms with Crippen molar-refractivity contribution in [3.05, 3.63) is 53.6 Å². The number of nitrogens with one attached hydrogen (secondary N) is 1. The van der Waals surface area contributed by atoms with Crippen LogP contribution in [0, 0.1) is 0 Å². The maximum absolute atomic E-state index is 12.4. The minimum absolute atomic E-state index is 0.0848. The van der Waals surface area contributed by atoms with Gasteiger partial charge in [0.15, 0.2) is 6.61 Å². The zero-order valence-electron chi connectivity index (χ0n) is 12.9. The van der Waals surface area contributed by atoms with Gasteiger partial charge in [-0.1, -0.05) is 18.2 Å². The molecule has 3 rings (SSSR count). The van der Waals surface area contributed by atoms with E-state index < -0.39 is 12.5 Å². The van der Waals surface area contributed by atoms with Crippen molar-refractivity contribution in [1.29, 1.82) is 0 Å². The van der Waals surface area contributed by atoms with E-state index in [0.29, 0.717) is 5.75 Å². The number of hydrogen-bond acceptors (Lipinski definition) is 3. The van der Waals surface area contributed by atoms with E-state index in [1.807, 2.05) is 18.2 Å². The number of carbonyl (C=O) groups is 1. The molecule has 0 aromatic heterocycles. The van der Waals surface area contributed by atoms with Crippen molar-refractivity contribution < 1.29 is 23.0 Å². The Morgan fingerprint density at radius 1 is 1.12 bits per heavy atom. The van der Waals surface area contributed by atoms with E-state index in [2.05, 4.69) is 10.1 Å². The van der Waals surface area contributed by atoms with Crippen LogP contribution in [0.4, 0.5) is 14.5 Å². The fraction of sp³-hybridized carbons (Fsp3) is 0.278. The molecule has 0 heterocycles. The van der Waals surface area contributed by atoms with Crippen molar-refractivity contribution in [3.63, 3.8) is 0 Å². The second-order valence-corrected chi connectivity index (χ2v) is 5.50. The van der Waals surface area contributed by atoms with Gasteiger partial charge >= 0.3 is 6.61 Å². The van der Waals surface area contributed by atoms with E-state index in [-0.39, 0.29) is 18.0 Å². The summed E-state index contributed by atoms with van der Waals surface area (Å²) in [5.74, 6) is 0.0992. The quantitative estimate of drug-likeness (QED) is 0.875. The van der Waals surface area contributed by atoms with Crippen molar-refractivity contribution in [2.24, 2.45) is 0 Å². The number of hydrogen-bond donors (Lipinski definition) is 1. The Hall–Kier alpha value is -2.63. The first-order chi connectivity index (χ1) is 11.6. The highest BCUT2D eigenvalue weighted by Crippen LogP contribution is 2.27. The molecule has 1 N–H and O–H groups in total. The van der Waals surface area contributed by atoms with Gasteiger partial charge in [0.2, 0.25) is 0 Å². The maximum atomic E-state index is 12.4. The Balaban J connectivity index is 1.58. The molecule has 0 saturated heterocycles. The normalized spacial score (nSPS) is 12.8. The zero-order valence-corrected chi connectivity index (χ0v) is 12.9. The van der Waals surface area contributed by atoms with Crippen molar-refractivity contribution in [2.75, 3.05) is 11.9 Å². The van der Waals surface area contributed by atoms with Gasteiger partial charge in [-0.3, -0.25) is 4.79 Å². The average molecular weight is 333 g/mol. The minimum atomic E-state index is -2.95. The van der Waals surface area contributed by atoms with Crippen LogP contribution in [0.5, 0.6) is 11.5 Å². The maximum Gasteiger partial charge on any atom is 0.387 e. The van der Waals surface area contributed by atoms with Crippen LogP contribution in [0.1, 0.15) is 17.5 Å². The van der Waals surface area contributed by atoms with Crippen LogP contribution in [0.3, 0.4) is 0 Å². The molecule has 1 aliphatic rings. The van der Waals surface area contributed by atoms with Crippen LogP contribution in [0.2, 0.25) is 0 Å². The van der Waals surface area contributed by atoms with Gasteiger partial charge in [-0.05, 0) is 54.7 Å². The average Bonchev–Trinajstić information content (AvgIpc) is 3.02. The van der Waals surface area contributed by atoms with E-state index >= 15 is 0 Å². The van der Waals surface area contributed by atoms with Crippen LogP contribution >= 0.6 is 0 Å². The zero-order chi connectivity index (χ0) is 16.9. The summed E-state index contributed by atoms with van der Waals surface area (Å²) in [4.78, 5) is 12.0. The van der Waals surface area contributed by atoms with Gasteiger partial charge in [0.1, 0.15) is 11.5 Å². The number of fused-ring (bicyclic) bond motifs is 1. The summed E-state index contributed by atoms with van der Waals surface area (Å²) in [5.41, 5.74) is 2.76. The molecule has 0 unspecified atom stereocenters. The Kier molecular flexibility index (Phi) is 4.93. The number of para-hydroxylation sites is 2. The van der Waals surface area contributed by atoms with Gasteiger partial charge in [-0.15, -0.1) is 0 Å². The number of benzene rings is 2. The largest absolute Gasteiger partial charge is 0.484 e. The Morgan fingerprint density at radius 3 is 2.75 bits per heavy atom. The number of amides is 1. The van der Waals surface area contributed by atoms with Crippen molar-refractivity contribution >= 4 is 11.6 Å². The van der Waals surface area contributed by atoms with E-state index in [1.165, 1.54) is 23.3 Å². The number of rotatable bonds is 6. The lowest BCUT2D eigenvalue weighted by Gasteiger charge is -2.12. The third-order valence-electron chi connectivity index (χ3n) is 3.82. The van der Waals surface area contributed by atoms with Crippen LogP contribution < -0.4 is 14.8 Å². The first-order valence-electron chi connectivity index (χ1n) is 7.70. The van der Waals surface area contributed by atoms with Crippen LogP contribution in [0.15, 0.2) is 42.5 Å². The van der Waals surface area contributed by atoms with Crippen LogP contribution in [-0.2, 0) is 17.6 Å². The molecule has 0 bridgehead atoms. The molecule has 2 aromatic carbocycles. The molecule has 0 saturated carbocycles. The molecular formula is C18H17F2NO3. The molecule has 0 fully saturated rings. The van der Waals surface area contributed by atoms with E-state index in [4.69, 9.17) is 4.74 Å². The lowest BCUT2D eigenvalue weighted by Crippen LogP contribution is -2.21. The highest BCUT2D eigenvalue weighted by atomic mass is 19.3. The third-order valence-corrected chi connectivity index (χ3v) is 3.82. The predicted octanol–water partition coefficient (Wildman–Crippen LogP) is 3.79. The Bertz CT molecular complexity index is 734. The molecule has 1 aliphatic carbocycles. The van der Waals surface area contributed by atoms with Crippen LogP contribution in [-0.4, -0.2) is 19.1 Å². The molecule has 6 heteroatoms. The van der Waals surface area contributed by atoms with Gasteiger partial charge < -0.3 is 14.8 Å². The Labute approximate surface area is 138 Å².